The van der Waals surface area contributed by atoms with Gasteiger partial charge in [0.25, 0.3) is 5.91 Å². The van der Waals surface area contributed by atoms with Crippen molar-refractivity contribution in [2.24, 2.45) is 0 Å². The van der Waals surface area contributed by atoms with Gasteiger partial charge in [0.1, 0.15) is 11.5 Å². The van der Waals surface area contributed by atoms with E-state index in [1.165, 1.54) is 7.11 Å². The highest BCUT2D eigenvalue weighted by atomic mass is 16.6. The third kappa shape index (κ3) is 8.70. The zero-order valence-electron chi connectivity index (χ0n) is 26.6. The zero-order chi connectivity index (χ0) is 32.3. The highest BCUT2D eigenvalue weighted by Gasteiger charge is 2.16. The van der Waals surface area contributed by atoms with Gasteiger partial charge in [-0.05, 0) is 68.4 Å². The van der Waals surface area contributed by atoms with E-state index in [0.29, 0.717) is 40.7 Å². The minimum Gasteiger partial charge on any atom is -0.497 e. The van der Waals surface area contributed by atoms with Gasteiger partial charge < -0.3 is 29.7 Å². The van der Waals surface area contributed by atoms with E-state index in [9.17, 15) is 9.59 Å². The summed E-state index contributed by atoms with van der Waals surface area (Å²) < 4.78 is 16.2. The van der Waals surface area contributed by atoms with Crippen LogP contribution in [-0.2, 0) is 0 Å². The smallest absolute Gasteiger partial charge is 0.418 e. The Morgan fingerprint density at radius 3 is 2.40 bits per heavy atom. The van der Waals surface area contributed by atoms with Crippen molar-refractivity contribution in [1.82, 2.24) is 20.2 Å². The van der Waals surface area contributed by atoms with Gasteiger partial charge in [0.15, 0.2) is 0 Å². The van der Waals surface area contributed by atoms with Gasteiger partial charge in [-0.15, -0.1) is 0 Å². The number of likely N-dealkylation sites (N-methyl/N-ethyl adjacent to an activating group) is 1. The molecule has 4 rings (SSSR count). The average molecular weight is 613 g/mol. The summed E-state index contributed by atoms with van der Waals surface area (Å²) in [4.78, 5) is 37.3. The van der Waals surface area contributed by atoms with Crippen molar-refractivity contribution < 1.29 is 23.8 Å². The lowest BCUT2D eigenvalue weighted by molar-refractivity contribution is 0.0949. The summed E-state index contributed by atoms with van der Waals surface area (Å²) in [5.74, 6) is 1.03. The number of ether oxygens (including phenoxy) is 3. The fourth-order valence-corrected chi connectivity index (χ4v) is 4.67. The fourth-order valence-electron chi connectivity index (χ4n) is 4.67. The van der Waals surface area contributed by atoms with Gasteiger partial charge in [-0.1, -0.05) is 38.1 Å². The summed E-state index contributed by atoms with van der Waals surface area (Å²) in [7, 11) is 3.04. The monoisotopic (exact) mass is 612 g/mol. The second kappa shape index (κ2) is 15.5. The number of aryl methyl sites for hydroxylation is 1. The maximum atomic E-state index is 13.0. The van der Waals surface area contributed by atoms with E-state index in [2.05, 4.69) is 39.7 Å². The molecule has 2 amide bonds. The van der Waals surface area contributed by atoms with Gasteiger partial charge in [0.05, 0.1) is 25.6 Å². The van der Waals surface area contributed by atoms with Crippen LogP contribution in [-0.4, -0.2) is 67.3 Å². The van der Waals surface area contributed by atoms with E-state index < -0.39 is 6.09 Å². The molecule has 1 heterocycles. The number of hydrogen-bond acceptors (Lipinski definition) is 9. The Kier molecular flexibility index (Phi) is 11.3. The number of carbonyl (C=O) groups is 2. The highest BCUT2D eigenvalue weighted by Crippen LogP contribution is 2.31. The van der Waals surface area contributed by atoms with Crippen LogP contribution < -0.4 is 30.2 Å². The van der Waals surface area contributed by atoms with E-state index in [0.717, 1.165) is 36.3 Å². The van der Waals surface area contributed by atoms with Crippen molar-refractivity contribution in [3.63, 3.8) is 0 Å². The van der Waals surface area contributed by atoms with Crippen LogP contribution in [0.2, 0.25) is 0 Å². The predicted molar refractivity (Wildman–Crippen MR) is 176 cm³/mol. The average Bonchev–Trinajstić information content (AvgIpc) is 3.04. The molecule has 4 aromatic rings. The number of hydrogen-bond donors (Lipinski definition) is 3. The van der Waals surface area contributed by atoms with Crippen LogP contribution in [0.1, 0.15) is 35.3 Å². The molecular weight excluding hydrogens is 572 g/mol. The van der Waals surface area contributed by atoms with Crippen LogP contribution in [0.3, 0.4) is 0 Å². The summed E-state index contributed by atoms with van der Waals surface area (Å²) >= 11 is 0. The third-order valence-corrected chi connectivity index (χ3v) is 7.41. The Hall–Kier alpha value is -5.16. The molecule has 11 nitrogen and oxygen atoms in total. The molecule has 11 heteroatoms. The number of methoxy groups -OCH3 is 2. The van der Waals surface area contributed by atoms with Gasteiger partial charge in [0, 0.05) is 42.0 Å². The van der Waals surface area contributed by atoms with Crippen LogP contribution in [0.15, 0.2) is 66.7 Å². The second-order valence-corrected chi connectivity index (χ2v) is 10.2. The first-order valence-electron chi connectivity index (χ1n) is 14.8. The maximum Gasteiger partial charge on any atom is 0.418 e. The second-order valence-electron chi connectivity index (χ2n) is 10.2. The normalized spacial score (nSPS) is 10.7. The van der Waals surface area contributed by atoms with Crippen LogP contribution in [0.4, 0.5) is 22.1 Å². The van der Waals surface area contributed by atoms with E-state index >= 15 is 0 Å². The Balaban J connectivity index is 1.58. The van der Waals surface area contributed by atoms with Crippen molar-refractivity contribution in [2.75, 3.05) is 51.0 Å². The molecule has 0 aliphatic carbocycles. The summed E-state index contributed by atoms with van der Waals surface area (Å²) in [6.07, 6.45) is -0.765. The van der Waals surface area contributed by atoms with E-state index in [-0.39, 0.29) is 17.7 Å². The van der Waals surface area contributed by atoms with Crippen LogP contribution >= 0.6 is 0 Å². The molecule has 0 atom stereocenters. The first kappa shape index (κ1) is 32.7. The molecule has 3 aromatic carbocycles. The predicted octanol–water partition coefficient (Wildman–Crippen LogP) is 6.20. The molecule has 0 unspecified atom stereocenters. The van der Waals surface area contributed by atoms with E-state index in [4.69, 9.17) is 19.2 Å². The number of benzene rings is 3. The van der Waals surface area contributed by atoms with Crippen LogP contribution in [0, 0.1) is 13.8 Å². The molecule has 45 heavy (non-hydrogen) atoms. The SMILES string of the molecule is CCN(CC)CCNC(=O)c1cccc(Nc2nc(OC(=O)Nc3ccc(OC)cc3OC)cc(-c3cccc(C)c3C)n2)c1. The molecule has 236 valence electrons. The first-order chi connectivity index (χ1) is 21.7. The molecule has 0 aliphatic rings. The van der Waals surface area contributed by atoms with Gasteiger partial charge in [-0.3, -0.25) is 10.1 Å². The summed E-state index contributed by atoms with van der Waals surface area (Å²) in [6, 6.07) is 19.6. The number of carbonyl (C=O) groups excluding carboxylic acids is 2. The number of anilines is 3. The number of nitrogens with one attached hydrogen (secondary N) is 3. The lowest BCUT2D eigenvalue weighted by Crippen LogP contribution is -2.34. The molecule has 0 fully saturated rings. The van der Waals surface area contributed by atoms with Gasteiger partial charge in [0.2, 0.25) is 11.8 Å². The number of nitrogens with zero attached hydrogens (tertiary/aromatic N) is 3. The van der Waals surface area contributed by atoms with Crippen molar-refractivity contribution in [3.05, 3.63) is 83.4 Å². The largest absolute Gasteiger partial charge is 0.497 e. The van der Waals surface area contributed by atoms with Gasteiger partial charge in [-0.2, -0.15) is 4.98 Å². The van der Waals surface area contributed by atoms with Gasteiger partial charge in [-0.25, -0.2) is 9.78 Å². The van der Waals surface area contributed by atoms with E-state index in [1.54, 1.807) is 49.6 Å². The Labute approximate surface area is 263 Å². The highest BCUT2D eigenvalue weighted by molar-refractivity contribution is 5.95. The lowest BCUT2D eigenvalue weighted by Gasteiger charge is -2.18. The molecule has 0 aliphatic heterocycles. The Morgan fingerprint density at radius 2 is 1.67 bits per heavy atom. The third-order valence-electron chi connectivity index (χ3n) is 7.41. The van der Waals surface area contributed by atoms with Crippen LogP contribution in [0.25, 0.3) is 11.3 Å². The summed E-state index contributed by atoms with van der Waals surface area (Å²) in [5, 5.41) is 8.84. The van der Waals surface area contributed by atoms with Gasteiger partial charge >= 0.3 is 6.09 Å². The van der Waals surface area contributed by atoms with Crippen LogP contribution in [0.5, 0.6) is 17.4 Å². The van der Waals surface area contributed by atoms with Crippen molar-refractivity contribution >= 4 is 29.3 Å². The fraction of sp³-hybridized carbons (Fsp3) is 0.294. The minimum atomic E-state index is -0.765. The lowest BCUT2D eigenvalue weighted by atomic mass is 10.0. The topological polar surface area (TPSA) is 127 Å². The molecule has 0 spiro atoms. The standard InChI is InChI=1S/C34H40N6O5/c1-7-40(8-2)18-17-35-32(41)24-12-10-13-25(19-24)36-33-37-29(27-14-9-11-22(3)23(27)4)21-31(39-33)45-34(42)38-28-16-15-26(43-5)20-30(28)44-6/h9-16,19-21H,7-8,17-18H2,1-6H3,(H,35,41)(H,38,42)(H,36,37,39). The number of amides is 2. The van der Waals surface area contributed by atoms with Crippen molar-refractivity contribution in [2.45, 2.75) is 27.7 Å². The van der Waals surface area contributed by atoms with Crippen molar-refractivity contribution in [1.29, 1.82) is 0 Å². The molecular formula is C34H40N6O5. The van der Waals surface area contributed by atoms with E-state index in [1.807, 2.05) is 38.1 Å². The molecule has 0 bridgehead atoms. The molecule has 0 saturated heterocycles. The van der Waals surface area contributed by atoms with Crippen molar-refractivity contribution in [3.8, 4) is 28.6 Å². The first-order valence-corrected chi connectivity index (χ1v) is 14.8. The summed E-state index contributed by atoms with van der Waals surface area (Å²) in [5.41, 5.74) is 5.04. The number of aromatic nitrogens is 2. The summed E-state index contributed by atoms with van der Waals surface area (Å²) in [6.45, 7) is 11.4. The Morgan fingerprint density at radius 1 is 0.889 bits per heavy atom. The maximum absolute atomic E-state index is 13.0. The molecule has 3 N–H and O–H groups in total. The minimum absolute atomic E-state index is 0.0266. The molecule has 0 saturated carbocycles. The molecule has 0 radical (unpaired) electrons. The molecule has 1 aromatic heterocycles. The number of rotatable bonds is 13. The Bertz CT molecular complexity index is 1640. The quantitative estimate of drug-likeness (QED) is 0.162. The zero-order valence-corrected chi connectivity index (χ0v) is 26.6.